The SMILES string of the molecule is COc1ccc(C(C)NCCCN2CCOCC2)cc1Br. The highest BCUT2D eigenvalue weighted by Crippen LogP contribution is 2.27. The molecule has 0 saturated carbocycles. The van der Waals surface area contributed by atoms with Crippen molar-refractivity contribution in [3.05, 3.63) is 28.2 Å². The molecule has 1 aliphatic heterocycles. The van der Waals surface area contributed by atoms with Crippen molar-refractivity contribution in [3.8, 4) is 5.75 Å². The number of hydrogen-bond donors (Lipinski definition) is 1. The minimum atomic E-state index is 0.344. The lowest BCUT2D eigenvalue weighted by Crippen LogP contribution is -2.37. The van der Waals surface area contributed by atoms with Crippen LogP contribution in [0.5, 0.6) is 5.75 Å². The van der Waals surface area contributed by atoms with E-state index in [1.807, 2.05) is 6.07 Å². The minimum Gasteiger partial charge on any atom is -0.496 e. The van der Waals surface area contributed by atoms with Crippen LogP contribution in [0, 0.1) is 0 Å². The van der Waals surface area contributed by atoms with Crippen molar-refractivity contribution in [3.63, 3.8) is 0 Å². The molecule has 1 atom stereocenters. The van der Waals surface area contributed by atoms with Gasteiger partial charge in [-0.2, -0.15) is 0 Å². The number of morpholine rings is 1. The molecule has 2 rings (SSSR count). The molecule has 1 N–H and O–H groups in total. The molecule has 1 unspecified atom stereocenters. The number of nitrogens with zero attached hydrogens (tertiary/aromatic N) is 1. The first-order chi connectivity index (χ1) is 10.2. The molecule has 1 fully saturated rings. The molecule has 0 spiro atoms. The van der Waals surface area contributed by atoms with Gasteiger partial charge in [0, 0.05) is 19.1 Å². The Bertz CT molecular complexity index is 436. The molecule has 4 nitrogen and oxygen atoms in total. The Morgan fingerprint density at radius 2 is 2.14 bits per heavy atom. The first-order valence-corrected chi connectivity index (χ1v) is 8.37. The van der Waals surface area contributed by atoms with Crippen LogP contribution in [0.4, 0.5) is 0 Å². The molecule has 0 aromatic heterocycles. The topological polar surface area (TPSA) is 33.7 Å². The lowest BCUT2D eigenvalue weighted by Gasteiger charge is -2.26. The molecule has 5 heteroatoms. The molecule has 118 valence electrons. The summed E-state index contributed by atoms with van der Waals surface area (Å²) in [7, 11) is 1.69. The number of nitrogens with one attached hydrogen (secondary N) is 1. The third kappa shape index (κ3) is 5.25. The zero-order valence-corrected chi connectivity index (χ0v) is 14.5. The summed E-state index contributed by atoms with van der Waals surface area (Å²) in [6, 6.07) is 6.59. The normalized spacial score (nSPS) is 17.7. The van der Waals surface area contributed by atoms with E-state index in [4.69, 9.17) is 9.47 Å². The van der Waals surface area contributed by atoms with Crippen molar-refractivity contribution in [2.45, 2.75) is 19.4 Å². The van der Waals surface area contributed by atoms with Crippen molar-refractivity contribution in [1.82, 2.24) is 10.2 Å². The average molecular weight is 357 g/mol. The van der Waals surface area contributed by atoms with E-state index in [1.165, 1.54) is 12.0 Å². The van der Waals surface area contributed by atoms with Gasteiger partial charge in [-0.3, -0.25) is 4.90 Å². The van der Waals surface area contributed by atoms with Crippen LogP contribution < -0.4 is 10.1 Å². The van der Waals surface area contributed by atoms with Gasteiger partial charge in [-0.15, -0.1) is 0 Å². The van der Waals surface area contributed by atoms with Crippen LogP contribution in [0.25, 0.3) is 0 Å². The molecule has 0 bridgehead atoms. The predicted octanol–water partition coefficient (Wildman–Crippen LogP) is 2.83. The maximum atomic E-state index is 5.36. The highest BCUT2D eigenvalue weighted by Gasteiger charge is 2.10. The second kappa shape index (κ2) is 8.73. The molecular formula is C16H25BrN2O2. The monoisotopic (exact) mass is 356 g/mol. The Morgan fingerprint density at radius 3 is 2.81 bits per heavy atom. The summed E-state index contributed by atoms with van der Waals surface area (Å²) >= 11 is 3.54. The van der Waals surface area contributed by atoms with Gasteiger partial charge in [0.2, 0.25) is 0 Å². The smallest absolute Gasteiger partial charge is 0.133 e. The van der Waals surface area contributed by atoms with Gasteiger partial charge in [-0.1, -0.05) is 6.07 Å². The molecule has 1 aromatic carbocycles. The predicted molar refractivity (Wildman–Crippen MR) is 89.0 cm³/mol. The molecule has 0 radical (unpaired) electrons. The molecular weight excluding hydrogens is 332 g/mol. The highest BCUT2D eigenvalue weighted by atomic mass is 79.9. The minimum absolute atomic E-state index is 0.344. The van der Waals surface area contributed by atoms with Crippen LogP contribution in [0.2, 0.25) is 0 Å². The summed E-state index contributed by atoms with van der Waals surface area (Å²) in [5.41, 5.74) is 1.27. The average Bonchev–Trinajstić information content (AvgIpc) is 2.52. The van der Waals surface area contributed by atoms with Crippen LogP contribution in [0.3, 0.4) is 0 Å². The van der Waals surface area contributed by atoms with Crippen molar-refractivity contribution in [2.24, 2.45) is 0 Å². The van der Waals surface area contributed by atoms with Gasteiger partial charge < -0.3 is 14.8 Å². The largest absolute Gasteiger partial charge is 0.496 e. The third-order valence-electron chi connectivity index (χ3n) is 3.88. The van der Waals surface area contributed by atoms with Crippen molar-refractivity contribution < 1.29 is 9.47 Å². The number of halogens is 1. The van der Waals surface area contributed by atoms with E-state index in [-0.39, 0.29) is 0 Å². The summed E-state index contributed by atoms with van der Waals surface area (Å²) in [5.74, 6) is 0.873. The molecule has 21 heavy (non-hydrogen) atoms. The quantitative estimate of drug-likeness (QED) is 0.761. The Balaban J connectivity index is 1.71. The first kappa shape index (κ1) is 16.7. The number of methoxy groups -OCH3 is 1. The lowest BCUT2D eigenvalue weighted by atomic mass is 10.1. The summed E-state index contributed by atoms with van der Waals surface area (Å²) in [4.78, 5) is 2.47. The maximum Gasteiger partial charge on any atom is 0.133 e. The van der Waals surface area contributed by atoms with Gasteiger partial charge in [0.25, 0.3) is 0 Å². The lowest BCUT2D eigenvalue weighted by molar-refractivity contribution is 0.0374. The number of ether oxygens (including phenoxy) is 2. The summed E-state index contributed by atoms with van der Waals surface area (Å²) < 4.78 is 11.6. The van der Waals surface area contributed by atoms with E-state index >= 15 is 0 Å². The number of hydrogen-bond acceptors (Lipinski definition) is 4. The van der Waals surface area contributed by atoms with Crippen molar-refractivity contribution >= 4 is 15.9 Å². The van der Waals surface area contributed by atoms with E-state index in [9.17, 15) is 0 Å². The maximum absolute atomic E-state index is 5.36. The molecule has 1 saturated heterocycles. The van der Waals surface area contributed by atoms with Crippen LogP contribution in [-0.2, 0) is 4.74 Å². The Labute approximate surface area is 135 Å². The summed E-state index contributed by atoms with van der Waals surface area (Å²) in [6.45, 7) is 8.27. The highest BCUT2D eigenvalue weighted by molar-refractivity contribution is 9.10. The fourth-order valence-electron chi connectivity index (χ4n) is 2.52. The zero-order valence-electron chi connectivity index (χ0n) is 12.9. The van der Waals surface area contributed by atoms with Gasteiger partial charge in [0.15, 0.2) is 0 Å². The van der Waals surface area contributed by atoms with E-state index in [2.05, 4.69) is 45.2 Å². The number of rotatable bonds is 7. The van der Waals surface area contributed by atoms with E-state index in [0.717, 1.165) is 49.6 Å². The van der Waals surface area contributed by atoms with Crippen molar-refractivity contribution in [1.29, 1.82) is 0 Å². The number of benzene rings is 1. The van der Waals surface area contributed by atoms with Crippen LogP contribution >= 0.6 is 15.9 Å². The summed E-state index contributed by atoms with van der Waals surface area (Å²) in [6.07, 6.45) is 1.17. The second-order valence-electron chi connectivity index (χ2n) is 5.38. The van der Waals surface area contributed by atoms with E-state index in [1.54, 1.807) is 7.11 Å². The van der Waals surface area contributed by atoms with Gasteiger partial charge >= 0.3 is 0 Å². The molecule has 1 heterocycles. The van der Waals surface area contributed by atoms with Crippen LogP contribution in [0.1, 0.15) is 24.9 Å². The van der Waals surface area contributed by atoms with Gasteiger partial charge in [-0.25, -0.2) is 0 Å². The van der Waals surface area contributed by atoms with Crippen LogP contribution in [-0.4, -0.2) is 51.4 Å². The van der Waals surface area contributed by atoms with Crippen molar-refractivity contribution in [2.75, 3.05) is 46.5 Å². The molecule has 1 aliphatic rings. The molecule has 0 amide bonds. The molecule has 1 aromatic rings. The molecule has 0 aliphatic carbocycles. The Hall–Kier alpha value is -0.620. The van der Waals surface area contributed by atoms with Crippen LogP contribution in [0.15, 0.2) is 22.7 Å². The Morgan fingerprint density at radius 1 is 1.38 bits per heavy atom. The Kier molecular flexibility index (Phi) is 6.96. The third-order valence-corrected chi connectivity index (χ3v) is 4.50. The summed E-state index contributed by atoms with van der Waals surface area (Å²) in [5, 5.41) is 3.58. The van der Waals surface area contributed by atoms with Gasteiger partial charge in [-0.05, 0) is 60.1 Å². The van der Waals surface area contributed by atoms with E-state index < -0.39 is 0 Å². The van der Waals surface area contributed by atoms with E-state index in [0.29, 0.717) is 6.04 Å². The zero-order chi connectivity index (χ0) is 15.1. The van der Waals surface area contributed by atoms with Gasteiger partial charge in [0.05, 0.1) is 24.8 Å². The second-order valence-corrected chi connectivity index (χ2v) is 6.23. The fourth-order valence-corrected chi connectivity index (χ4v) is 3.07. The first-order valence-electron chi connectivity index (χ1n) is 7.57. The fraction of sp³-hybridized carbons (Fsp3) is 0.625. The van der Waals surface area contributed by atoms with Gasteiger partial charge in [0.1, 0.15) is 5.75 Å². The standard InChI is InChI=1S/C16H25BrN2O2/c1-13(14-4-5-16(20-2)15(17)12-14)18-6-3-7-19-8-10-21-11-9-19/h4-5,12-13,18H,3,6-11H2,1-2H3.